The van der Waals surface area contributed by atoms with Gasteiger partial charge in [0.25, 0.3) is 0 Å². The second kappa shape index (κ2) is 9.54. The molecule has 0 aliphatic carbocycles. The first-order valence-electron chi connectivity index (χ1n) is 9.92. The van der Waals surface area contributed by atoms with E-state index in [4.69, 9.17) is 16.9 Å². The Bertz CT molecular complexity index is 873. The molecule has 5 N–H and O–H groups in total. The Kier molecular flexibility index (Phi) is 7.04. The van der Waals surface area contributed by atoms with Crippen LogP contribution in [0.15, 0.2) is 33.2 Å². The summed E-state index contributed by atoms with van der Waals surface area (Å²) in [5.74, 6) is -1.55. The van der Waals surface area contributed by atoms with Gasteiger partial charge in [-0.25, -0.2) is 14.4 Å². The van der Waals surface area contributed by atoms with E-state index in [2.05, 4.69) is 15.0 Å². The van der Waals surface area contributed by atoms with Crippen molar-refractivity contribution < 1.29 is 17.6 Å². The van der Waals surface area contributed by atoms with Crippen LogP contribution in [0, 0.1) is 23.1 Å². The molecule has 0 radical (unpaired) electrons. The number of nitrogens with one attached hydrogen (secondary N) is 1. The van der Waals surface area contributed by atoms with Crippen LogP contribution in [0.2, 0.25) is 0 Å². The molecule has 31 heavy (non-hydrogen) atoms. The second-order valence-corrected chi connectivity index (χ2v) is 7.68. The summed E-state index contributed by atoms with van der Waals surface area (Å²) >= 11 is 0. The van der Waals surface area contributed by atoms with Crippen LogP contribution in [0.25, 0.3) is 0 Å². The maximum atomic E-state index is 14.1. The van der Waals surface area contributed by atoms with Crippen LogP contribution in [-0.4, -0.2) is 61.4 Å². The Labute approximate surface area is 177 Å². The zero-order chi connectivity index (χ0) is 22.6. The fourth-order valence-electron chi connectivity index (χ4n) is 3.61. The number of alkyl halides is 3. The number of anilines is 1. The number of rotatable bonds is 5. The number of hydrogen-bond donors (Lipinski definition) is 3. The molecule has 1 aromatic carbocycles. The third-order valence-corrected chi connectivity index (χ3v) is 5.35. The van der Waals surface area contributed by atoms with Gasteiger partial charge in [0.2, 0.25) is 5.96 Å². The number of halogens is 4. The van der Waals surface area contributed by atoms with E-state index in [9.17, 15) is 17.6 Å². The van der Waals surface area contributed by atoms with Gasteiger partial charge in [0.05, 0.1) is 11.7 Å². The van der Waals surface area contributed by atoms with Crippen molar-refractivity contribution in [1.82, 2.24) is 4.90 Å². The highest BCUT2D eigenvalue weighted by molar-refractivity contribution is 5.95. The zero-order valence-corrected chi connectivity index (χ0v) is 16.8. The highest BCUT2D eigenvalue weighted by Gasteiger charge is 2.33. The SMILES string of the molecule is N=CC(C=NCC(F)(F)F)C1C=NC(N2CCC(N)CC2)=NC1c1ccc(N)c(F)c1. The number of likely N-dealkylation sites (tertiary alicyclic amines) is 1. The molecule has 0 amide bonds. The highest BCUT2D eigenvalue weighted by Crippen LogP contribution is 2.34. The first kappa shape index (κ1) is 22.9. The lowest BCUT2D eigenvalue weighted by atomic mass is 9.84. The van der Waals surface area contributed by atoms with E-state index in [1.165, 1.54) is 12.1 Å². The smallest absolute Gasteiger partial charge is 0.396 e. The van der Waals surface area contributed by atoms with E-state index < -0.39 is 36.4 Å². The normalized spacial score (nSPS) is 23.8. The molecule has 3 unspecified atom stereocenters. The van der Waals surface area contributed by atoms with Crippen LogP contribution in [0.4, 0.5) is 23.2 Å². The molecule has 2 aliphatic rings. The second-order valence-electron chi connectivity index (χ2n) is 7.68. The van der Waals surface area contributed by atoms with Crippen molar-refractivity contribution in [2.75, 3.05) is 25.4 Å². The van der Waals surface area contributed by atoms with E-state index in [0.29, 0.717) is 24.6 Å². The quantitative estimate of drug-likeness (QED) is 0.372. The van der Waals surface area contributed by atoms with E-state index in [0.717, 1.165) is 25.3 Å². The van der Waals surface area contributed by atoms with Crippen molar-refractivity contribution in [2.45, 2.75) is 31.1 Å². The van der Waals surface area contributed by atoms with Crippen LogP contribution < -0.4 is 11.5 Å². The molecule has 2 aliphatic heterocycles. The monoisotopic (exact) mass is 439 g/mol. The van der Waals surface area contributed by atoms with E-state index in [1.807, 2.05) is 4.90 Å². The molecule has 3 rings (SSSR count). The first-order valence-corrected chi connectivity index (χ1v) is 9.92. The van der Waals surface area contributed by atoms with Gasteiger partial charge in [-0.1, -0.05) is 6.07 Å². The van der Waals surface area contributed by atoms with Crippen LogP contribution in [-0.2, 0) is 0 Å². The van der Waals surface area contributed by atoms with Crippen molar-refractivity contribution in [2.24, 2.45) is 32.5 Å². The molecule has 1 aromatic rings. The number of nitrogens with zero attached hydrogens (tertiary/aromatic N) is 4. The Balaban J connectivity index is 1.91. The topological polar surface area (TPSA) is 116 Å². The number of nitrogens with two attached hydrogens (primary N) is 2. The van der Waals surface area contributed by atoms with Gasteiger partial charge in [0.15, 0.2) is 0 Å². The van der Waals surface area contributed by atoms with Gasteiger partial charge in [0, 0.05) is 49.6 Å². The van der Waals surface area contributed by atoms with Crippen LogP contribution in [0.1, 0.15) is 24.4 Å². The Morgan fingerprint density at radius 1 is 1.29 bits per heavy atom. The standard InChI is InChI=1S/C20H25F4N7/c21-16-7-12(1-2-17(16)27)18-15(13(8-25)9-28-11-20(22,23)24)10-29-19(30-18)31-5-3-14(26)4-6-31/h1-2,7-10,13-15,18,25H,3-6,11,26-27H2. The minimum absolute atomic E-state index is 0.0191. The van der Waals surface area contributed by atoms with Crippen molar-refractivity contribution in [1.29, 1.82) is 5.41 Å². The predicted octanol–water partition coefficient (Wildman–Crippen LogP) is 2.83. The Hall–Kier alpha value is -2.82. The molecular weight excluding hydrogens is 414 g/mol. The molecule has 7 nitrogen and oxygen atoms in total. The third kappa shape index (κ3) is 5.87. The average molecular weight is 439 g/mol. The summed E-state index contributed by atoms with van der Waals surface area (Å²) < 4.78 is 51.6. The molecule has 0 spiro atoms. The summed E-state index contributed by atoms with van der Waals surface area (Å²) in [5.41, 5.74) is 12.0. The van der Waals surface area contributed by atoms with Gasteiger partial charge >= 0.3 is 6.18 Å². The molecule has 2 heterocycles. The number of piperidine rings is 1. The van der Waals surface area contributed by atoms with Crippen molar-refractivity contribution in [3.8, 4) is 0 Å². The summed E-state index contributed by atoms with van der Waals surface area (Å²) in [4.78, 5) is 14.5. The molecule has 0 bridgehead atoms. The van der Waals surface area contributed by atoms with Gasteiger partial charge in [-0.15, -0.1) is 0 Å². The summed E-state index contributed by atoms with van der Waals surface area (Å²) in [7, 11) is 0. The average Bonchev–Trinajstić information content (AvgIpc) is 2.73. The lowest BCUT2D eigenvalue weighted by Crippen LogP contribution is -2.44. The van der Waals surface area contributed by atoms with Crippen LogP contribution >= 0.6 is 0 Å². The third-order valence-electron chi connectivity index (χ3n) is 5.35. The fourth-order valence-corrected chi connectivity index (χ4v) is 3.61. The molecule has 0 saturated carbocycles. The number of nitrogen functional groups attached to an aromatic ring is 1. The minimum atomic E-state index is -4.44. The number of aliphatic imine (C=N–C) groups is 3. The van der Waals surface area contributed by atoms with Crippen molar-refractivity contribution in [3.63, 3.8) is 0 Å². The number of hydrogen-bond acceptors (Lipinski definition) is 7. The van der Waals surface area contributed by atoms with E-state index in [1.54, 1.807) is 12.3 Å². The van der Waals surface area contributed by atoms with E-state index >= 15 is 0 Å². The fraction of sp³-hybridized carbons (Fsp3) is 0.500. The van der Waals surface area contributed by atoms with Crippen LogP contribution in [0.3, 0.4) is 0 Å². The largest absolute Gasteiger partial charge is 0.407 e. The van der Waals surface area contributed by atoms with Crippen LogP contribution in [0.5, 0.6) is 0 Å². The zero-order valence-electron chi connectivity index (χ0n) is 16.8. The first-order chi connectivity index (χ1) is 14.7. The van der Waals surface area contributed by atoms with Gasteiger partial charge in [0.1, 0.15) is 12.4 Å². The maximum Gasteiger partial charge on any atom is 0.407 e. The number of benzene rings is 1. The van der Waals surface area contributed by atoms with Crippen molar-refractivity contribution in [3.05, 3.63) is 29.6 Å². The molecule has 1 saturated heterocycles. The molecular formula is C20H25F4N7. The Morgan fingerprint density at radius 2 is 2.00 bits per heavy atom. The van der Waals surface area contributed by atoms with Gasteiger partial charge < -0.3 is 21.8 Å². The molecule has 168 valence electrons. The molecule has 0 aromatic heterocycles. The maximum absolute atomic E-state index is 14.1. The predicted molar refractivity (Wildman–Crippen MR) is 113 cm³/mol. The molecule has 3 atom stereocenters. The number of guanidine groups is 1. The summed E-state index contributed by atoms with van der Waals surface area (Å²) in [6.07, 6.45) is 0.767. The summed E-state index contributed by atoms with van der Waals surface area (Å²) in [6, 6.07) is 3.75. The van der Waals surface area contributed by atoms with Gasteiger partial charge in [-0.05, 0) is 30.5 Å². The van der Waals surface area contributed by atoms with Gasteiger partial charge in [-0.2, -0.15) is 13.2 Å². The highest BCUT2D eigenvalue weighted by atomic mass is 19.4. The Morgan fingerprint density at radius 3 is 2.61 bits per heavy atom. The minimum Gasteiger partial charge on any atom is -0.396 e. The lowest BCUT2D eigenvalue weighted by molar-refractivity contribution is -0.118. The molecule has 11 heteroatoms. The molecule has 1 fully saturated rings. The lowest BCUT2D eigenvalue weighted by Gasteiger charge is -2.35. The van der Waals surface area contributed by atoms with Gasteiger partial charge in [-0.3, -0.25) is 4.99 Å². The summed E-state index contributed by atoms with van der Waals surface area (Å²) in [6.45, 7) is 0.00263. The van der Waals surface area contributed by atoms with E-state index in [-0.39, 0.29) is 11.7 Å². The summed E-state index contributed by atoms with van der Waals surface area (Å²) in [5, 5.41) is 7.70. The van der Waals surface area contributed by atoms with Crippen molar-refractivity contribution >= 4 is 30.3 Å².